The lowest BCUT2D eigenvalue weighted by Gasteiger charge is -2.17. The molecule has 0 bridgehead atoms. The molecule has 3 aromatic rings. The third kappa shape index (κ3) is 5.42. The van der Waals surface area contributed by atoms with Crippen LogP contribution in [0.15, 0.2) is 48.7 Å². The van der Waals surface area contributed by atoms with E-state index in [4.69, 9.17) is 4.74 Å². The van der Waals surface area contributed by atoms with Crippen molar-refractivity contribution in [3.05, 3.63) is 75.8 Å². The van der Waals surface area contributed by atoms with Crippen LogP contribution in [-0.2, 0) is 11.2 Å². The zero-order valence-corrected chi connectivity index (χ0v) is 17.6. The number of carbonyl (C=O) groups is 1. The van der Waals surface area contributed by atoms with Crippen molar-refractivity contribution in [1.29, 1.82) is 0 Å². The minimum absolute atomic E-state index is 0.169. The Labute approximate surface area is 170 Å². The second-order valence-electron chi connectivity index (χ2n) is 7.12. The molecule has 146 valence electrons. The lowest BCUT2D eigenvalue weighted by Crippen LogP contribution is -2.32. The molecule has 1 aromatic heterocycles. The van der Waals surface area contributed by atoms with Crippen LogP contribution in [-0.4, -0.2) is 17.0 Å². The summed E-state index contributed by atoms with van der Waals surface area (Å²) in [5.74, 6) is 0.552. The van der Waals surface area contributed by atoms with Crippen LogP contribution in [0.4, 0.5) is 5.13 Å². The number of anilines is 1. The third-order valence-corrected chi connectivity index (χ3v) is 5.33. The number of nitrogens with one attached hydrogen (secondary N) is 1. The van der Waals surface area contributed by atoms with Crippen LogP contribution in [0.2, 0.25) is 0 Å². The van der Waals surface area contributed by atoms with E-state index in [0.717, 1.165) is 28.2 Å². The topological polar surface area (TPSA) is 51.2 Å². The summed E-state index contributed by atoms with van der Waals surface area (Å²) < 4.78 is 5.94. The standard InChI is InChI=1S/C23H26N2O2S/c1-5-21(27-19-11-16(3)10-17(4)12-19)22(26)25-23-24-14-20(28-23)13-18-8-6-15(2)7-9-18/h6-12,14,21H,5,13H2,1-4H3,(H,24,25,26). The predicted octanol–water partition coefficient (Wildman–Crippen LogP) is 5.46. The Bertz CT molecular complexity index is 927. The fourth-order valence-electron chi connectivity index (χ4n) is 3.03. The highest BCUT2D eigenvalue weighted by molar-refractivity contribution is 7.15. The van der Waals surface area contributed by atoms with Crippen molar-refractivity contribution in [3.8, 4) is 5.75 Å². The van der Waals surface area contributed by atoms with Gasteiger partial charge in [0.2, 0.25) is 0 Å². The number of nitrogens with zero attached hydrogens (tertiary/aromatic N) is 1. The van der Waals surface area contributed by atoms with E-state index in [1.807, 2.05) is 39.1 Å². The van der Waals surface area contributed by atoms with E-state index in [2.05, 4.69) is 47.6 Å². The van der Waals surface area contributed by atoms with Crippen molar-refractivity contribution in [3.63, 3.8) is 0 Å². The molecule has 0 saturated heterocycles. The maximum Gasteiger partial charge on any atom is 0.267 e. The van der Waals surface area contributed by atoms with Gasteiger partial charge in [-0.3, -0.25) is 10.1 Å². The minimum atomic E-state index is -0.550. The average molecular weight is 395 g/mol. The molecule has 0 aliphatic carbocycles. The van der Waals surface area contributed by atoms with Gasteiger partial charge in [0, 0.05) is 17.5 Å². The molecule has 4 nitrogen and oxygen atoms in total. The highest BCUT2D eigenvalue weighted by Gasteiger charge is 2.20. The summed E-state index contributed by atoms with van der Waals surface area (Å²) in [6, 6.07) is 14.4. The number of rotatable bonds is 7. The molecule has 1 N–H and O–H groups in total. The minimum Gasteiger partial charge on any atom is -0.481 e. The molecule has 2 aromatic carbocycles. The monoisotopic (exact) mass is 394 g/mol. The van der Waals surface area contributed by atoms with Crippen molar-refractivity contribution in [1.82, 2.24) is 4.98 Å². The van der Waals surface area contributed by atoms with Crippen molar-refractivity contribution in [2.24, 2.45) is 0 Å². The molecule has 1 atom stereocenters. The summed E-state index contributed by atoms with van der Waals surface area (Å²) in [4.78, 5) is 18.1. The first kappa shape index (κ1) is 20.1. The van der Waals surface area contributed by atoms with E-state index < -0.39 is 6.10 Å². The van der Waals surface area contributed by atoms with Gasteiger partial charge in [0.05, 0.1) is 0 Å². The lowest BCUT2D eigenvalue weighted by atomic mass is 10.1. The van der Waals surface area contributed by atoms with E-state index >= 15 is 0 Å². The molecule has 5 heteroatoms. The van der Waals surface area contributed by atoms with Crippen LogP contribution < -0.4 is 10.1 Å². The van der Waals surface area contributed by atoms with Gasteiger partial charge in [-0.25, -0.2) is 4.98 Å². The first-order valence-corrected chi connectivity index (χ1v) is 10.3. The van der Waals surface area contributed by atoms with Gasteiger partial charge in [0.15, 0.2) is 11.2 Å². The number of aryl methyl sites for hydroxylation is 3. The summed E-state index contributed by atoms with van der Waals surface area (Å²) in [5.41, 5.74) is 4.71. The van der Waals surface area contributed by atoms with Crippen LogP contribution in [0.25, 0.3) is 0 Å². The van der Waals surface area contributed by atoms with Crippen LogP contribution >= 0.6 is 11.3 Å². The van der Waals surface area contributed by atoms with E-state index in [1.165, 1.54) is 22.5 Å². The van der Waals surface area contributed by atoms with E-state index in [9.17, 15) is 4.79 Å². The number of amides is 1. The number of carbonyl (C=O) groups excluding carboxylic acids is 1. The maximum atomic E-state index is 12.7. The van der Waals surface area contributed by atoms with Gasteiger partial charge >= 0.3 is 0 Å². The largest absolute Gasteiger partial charge is 0.481 e. The van der Waals surface area contributed by atoms with Crippen LogP contribution in [0.5, 0.6) is 5.75 Å². The molecule has 0 radical (unpaired) electrons. The smallest absolute Gasteiger partial charge is 0.267 e. The summed E-state index contributed by atoms with van der Waals surface area (Å²) in [6.07, 6.45) is 2.67. The number of hydrogen-bond donors (Lipinski definition) is 1. The molecule has 1 unspecified atom stereocenters. The van der Waals surface area contributed by atoms with E-state index in [1.54, 1.807) is 0 Å². The Kier molecular flexibility index (Phi) is 6.47. The van der Waals surface area contributed by atoms with Crippen molar-refractivity contribution < 1.29 is 9.53 Å². The Hall–Kier alpha value is -2.66. The number of ether oxygens (including phenoxy) is 1. The second-order valence-corrected chi connectivity index (χ2v) is 8.24. The molecule has 1 heterocycles. The zero-order chi connectivity index (χ0) is 20.1. The maximum absolute atomic E-state index is 12.7. The SMILES string of the molecule is CCC(Oc1cc(C)cc(C)c1)C(=O)Nc1ncc(Cc2ccc(C)cc2)s1. The molecule has 1 amide bonds. The highest BCUT2D eigenvalue weighted by Crippen LogP contribution is 2.23. The van der Waals surface area contributed by atoms with Gasteiger partial charge < -0.3 is 4.74 Å². The Morgan fingerprint density at radius 1 is 1.07 bits per heavy atom. The van der Waals surface area contributed by atoms with Gasteiger partial charge in [0.1, 0.15) is 5.75 Å². The molecule has 28 heavy (non-hydrogen) atoms. The Morgan fingerprint density at radius 2 is 1.75 bits per heavy atom. The average Bonchev–Trinajstić information content (AvgIpc) is 3.07. The number of aromatic nitrogens is 1. The van der Waals surface area contributed by atoms with Crippen LogP contribution in [0, 0.1) is 20.8 Å². The summed E-state index contributed by atoms with van der Waals surface area (Å²) in [6.45, 7) is 8.06. The van der Waals surface area contributed by atoms with Crippen molar-refractivity contribution in [2.45, 2.75) is 46.6 Å². The molecular formula is C23H26N2O2S. The molecule has 0 fully saturated rings. The molecule has 0 saturated carbocycles. The molecule has 0 aliphatic rings. The second kappa shape index (κ2) is 9.02. The molecule has 3 rings (SSSR count). The normalized spacial score (nSPS) is 11.9. The molecule has 0 aliphatic heterocycles. The van der Waals surface area contributed by atoms with Crippen molar-refractivity contribution in [2.75, 3.05) is 5.32 Å². The zero-order valence-electron chi connectivity index (χ0n) is 16.8. The van der Waals surface area contributed by atoms with E-state index in [-0.39, 0.29) is 5.91 Å². The summed E-state index contributed by atoms with van der Waals surface area (Å²) in [7, 11) is 0. The predicted molar refractivity (Wildman–Crippen MR) is 115 cm³/mol. The number of thiazole rings is 1. The third-order valence-electron chi connectivity index (χ3n) is 4.42. The van der Waals surface area contributed by atoms with Crippen LogP contribution in [0.3, 0.4) is 0 Å². The fraction of sp³-hybridized carbons (Fsp3) is 0.304. The number of benzene rings is 2. The Morgan fingerprint density at radius 3 is 2.39 bits per heavy atom. The lowest BCUT2D eigenvalue weighted by molar-refractivity contribution is -0.122. The van der Waals surface area contributed by atoms with Gasteiger partial charge in [-0.1, -0.05) is 42.8 Å². The van der Waals surface area contributed by atoms with E-state index in [0.29, 0.717) is 11.6 Å². The Balaban J connectivity index is 1.62. The first-order chi connectivity index (χ1) is 13.4. The fourth-order valence-corrected chi connectivity index (χ4v) is 3.88. The van der Waals surface area contributed by atoms with Gasteiger partial charge in [-0.2, -0.15) is 0 Å². The highest BCUT2D eigenvalue weighted by atomic mass is 32.1. The summed E-state index contributed by atoms with van der Waals surface area (Å²) in [5, 5.41) is 3.51. The van der Waals surface area contributed by atoms with Crippen molar-refractivity contribution >= 4 is 22.4 Å². The molecule has 0 spiro atoms. The first-order valence-electron chi connectivity index (χ1n) is 9.49. The molecular weight excluding hydrogens is 368 g/mol. The number of hydrogen-bond acceptors (Lipinski definition) is 4. The van der Waals surface area contributed by atoms with Gasteiger partial charge in [-0.15, -0.1) is 11.3 Å². The van der Waals surface area contributed by atoms with Crippen LogP contribution in [0.1, 0.15) is 40.5 Å². The quantitative estimate of drug-likeness (QED) is 0.579. The van der Waals surface area contributed by atoms with Gasteiger partial charge in [0.25, 0.3) is 5.91 Å². The van der Waals surface area contributed by atoms with Gasteiger partial charge in [-0.05, 0) is 56.0 Å². The summed E-state index contributed by atoms with van der Waals surface area (Å²) >= 11 is 1.50.